The Morgan fingerprint density at radius 2 is 2.00 bits per heavy atom. The smallest absolute Gasteiger partial charge is 0.321 e. The van der Waals surface area contributed by atoms with Gasteiger partial charge in [0.15, 0.2) is 0 Å². The van der Waals surface area contributed by atoms with Crippen LogP contribution < -0.4 is 0 Å². The molecule has 2 heterocycles. The molecule has 0 unspecified atom stereocenters. The van der Waals surface area contributed by atoms with Gasteiger partial charge in [0.05, 0.1) is 12.5 Å². The van der Waals surface area contributed by atoms with Gasteiger partial charge in [0.25, 0.3) is 0 Å². The first-order valence-electron chi connectivity index (χ1n) is 6.13. The predicted octanol–water partition coefficient (Wildman–Crippen LogP) is 0.127. The van der Waals surface area contributed by atoms with Crippen LogP contribution in [0.3, 0.4) is 0 Å². The van der Waals surface area contributed by atoms with Crippen molar-refractivity contribution < 1.29 is 13.2 Å². The fourth-order valence-corrected chi connectivity index (χ4v) is 2.95. The SMILES string of the molecule is Cc1cnn(C(=O)N2CCCN(S(C)(=O)=O)CC2)c1. The molecule has 0 aromatic carbocycles. The highest BCUT2D eigenvalue weighted by Gasteiger charge is 2.24. The van der Waals surface area contributed by atoms with Crippen LogP contribution in [-0.2, 0) is 10.0 Å². The monoisotopic (exact) mass is 286 g/mol. The second-order valence-corrected chi connectivity index (χ2v) is 6.73. The molecule has 1 aromatic heterocycles. The molecule has 1 fully saturated rings. The third kappa shape index (κ3) is 3.32. The molecule has 106 valence electrons. The summed E-state index contributed by atoms with van der Waals surface area (Å²) in [4.78, 5) is 13.8. The van der Waals surface area contributed by atoms with E-state index in [0.717, 1.165) is 5.56 Å². The Balaban J connectivity index is 2.05. The number of amides is 1. The first-order valence-corrected chi connectivity index (χ1v) is 7.98. The fourth-order valence-electron chi connectivity index (χ4n) is 2.08. The maximum Gasteiger partial charge on any atom is 0.344 e. The van der Waals surface area contributed by atoms with E-state index >= 15 is 0 Å². The van der Waals surface area contributed by atoms with Gasteiger partial charge in [0, 0.05) is 32.4 Å². The lowest BCUT2D eigenvalue weighted by molar-refractivity contribution is 0.199. The minimum atomic E-state index is -3.19. The van der Waals surface area contributed by atoms with Crippen molar-refractivity contribution in [3.63, 3.8) is 0 Å². The average Bonchev–Trinajstić information content (AvgIpc) is 2.62. The van der Waals surface area contributed by atoms with Gasteiger partial charge >= 0.3 is 6.03 Å². The second kappa shape index (κ2) is 5.30. The van der Waals surface area contributed by atoms with Gasteiger partial charge in [0.1, 0.15) is 0 Å². The van der Waals surface area contributed by atoms with E-state index in [1.54, 1.807) is 17.3 Å². The Kier molecular flexibility index (Phi) is 3.91. The van der Waals surface area contributed by atoms with Gasteiger partial charge in [-0.2, -0.15) is 9.78 Å². The van der Waals surface area contributed by atoms with Crippen LogP contribution >= 0.6 is 0 Å². The van der Waals surface area contributed by atoms with Crippen molar-refractivity contribution in [1.29, 1.82) is 0 Å². The van der Waals surface area contributed by atoms with Crippen molar-refractivity contribution in [3.8, 4) is 0 Å². The summed E-state index contributed by atoms with van der Waals surface area (Å²) in [6.45, 7) is 3.60. The number of hydrogen-bond acceptors (Lipinski definition) is 4. The lowest BCUT2D eigenvalue weighted by Crippen LogP contribution is -2.39. The zero-order chi connectivity index (χ0) is 14.0. The number of nitrogens with zero attached hydrogens (tertiary/aromatic N) is 4. The molecule has 0 atom stereocenters. The highest BCUT2D eigenvalue weighted by molar-refractivity contribution is 7.88. The molecule has 7 nitrogen and oxygen atoms in total. The number of sulfonamides is 1. The zero-order valence-corrected chi connectivity index (χ0v) is 11.9. The summed E-state index contributed by atoms with van der Waals surface area (Å²) >= 11 is 0. The summed E-state index contributed by atoms with van der Waals surface area (Å²) in [6.07, 6.45) is 5.13. The molecular formula is C11H18N4O3S. The molecule has 2 rings (SSSR count). The van der Waals surface area contributed by atoms with Crippen LogP contribution in [0, 0.1) is 6.92 Å². The first kappa shape index (κ1) is 14.0. The quantitative estimate of drug-likeness (QED) is 0.735. The molecule has 1 aliphatic heterocycles. The van der Waals surface area contributed by atoms with Crippen molar-refractivity contribution in [3.05, 3.63) is 18.0 Å². The fraction of sp³-hybridized carbons (Fsp3) is 0.636. The number of carbonyl (C=O) groups is 1. The third-order valence-corrected chi connectivity index (χ3v) is 4.41. The Hall–Kier alpha value is -1.41. The standard InChI is InChI=1S/C11H18N4O3S/c1-10-8-12-15(9-10)11(16)13-4-3-5-14(7-6-13)19(2,17)18/h8-9H,3-7H2,1-2H3. The largest absolute Gasteiger partial charge is 0.344 e. The maximum atomic E-state index is 12.2. The third-order valence-electron chi connectivity index (χ3n) is 3.10. The molecule has 0 N–H and O–H groups in total. The zero-order valence-electron chi connectivity index (χ0n) is 11.1. The number of rotatable bonds is 1. The van der Waals surface area contributed by atoms with Crippen LogP contribution in [0.5, 0.6) is 0 Å². The molecule has 19 heavy (non-hydrogen) atoms. The average molecular weight is 286 g/mol. The van der Waals surface area contributed by atoms with Crippen LogP contribution in [0.15, 0.2) is 12.4 Å². The maximum absolute atomic E-state index is 12.2. The van der Waals surface area contributed by atoms with Crippen LogP contribution in [0.4, 0.5) is 4.79 Å². The summed E-state index contributed by atoms with van der Waals surface area (Å²) < 4.78 is 25.7. The van der Waals surface area contributed by atoms with E-state index in [2.05, 4.69) is 5.10 Å². The van der Waals surface area contributed by atoms with Crippen molar-refractivity contribution in [1.82, 2.24) is 19.0 Å². The van der Waals surface area contributed by atoms with Gasteiger partial charge in [0.2, 0.25) is 10.0 Å². The molecule has 8 heteroatoms. The van der Waals surface area contributed by atoms with E-state index in [1.165, 1.54) is 15.2 Å². The summed E-state index contributed by atoms with van der Waals surface area (Å²) in [6, 6.07) is -0.205. The molecule has 0 saturated carbocycles. The lowest BCUT2D eigenvalue weighted by Gasteiger charge is -2.20. The van der Waals surface area contributed by atoms with Crippen LogP contribution in [0.1, 0.15) is 12.0 Å². The summed E-state index contributed by atoms with van der Waals surface area (Å²) in [5.74, 6) is 0. The minimum Gasteiger partial charge on any atom is -0.321 e. The van der Waals surface area contributed by atoms with Crippen LogP contribution in [0.25, 0.3) is 0 Å². The number of aromatic nitrogens is 2. The Morgan fingerprint density at radius 3 is 2.58 bits per heavy atom. The minimum absolute atomic E-state index is 0.205. The molecule has 0 spiro atoms. The molecular weight excluding hydrogens is 268 g/mol. The van der Waals surface area contributed by atoms with E-state index in [-0.39, 0.29) is 6.03 Å². The van der Waals surface area contributed by atoms with E-state index in [9.17, 15) is 13.2 Å². The molecule has 0 aliphatic carbocycles. The topological polar surface area (TPSA) is 75.5 Å². The summed E-state index contributed by atoms with van der Waals surface area (Å²) in [7, 11) is -3.19. The Labute approximate surface area is 112 Å². The van der Waals surface area contributed by atoms with Crippen molar-refractivity contribution in [2.75, 3.05) is 32.4 Å². The number of aryl methyl sites for hydroxylation is 1. The Morgan fingerprint density at radius 1 is 1.26 bits per heavy atom. The van der Waals surface area contributed by atoms with E-state index in [1.807, 2.05) is 6.92 Å². The van der Waals surface area contributed by atoms with Gasteiger partial charge in [-0.15, -0.1) is 0 Å². The van der Waals surface area contributed by atoms with Crippen molar-refractivity contribution in [2.45, 2.75) is 13.3 Å². The second-order valence-electron chi connectivity index (χ2n) is 4.75. The van der Waals surface area contributed by atoms with E-state index < -0.39 is 10.0 Å². The lowest BCUT2D eigenvalue weighted by atomic mass is 10.4. The highest BCUT2D eigenvalue weighted by atomic mass is 32.2. The van der Waals surface area contributed by atoms with E-state index in [4.69, 9.17) is 0 Å². The van der Waals surface area contributed by atoms with Gasteiger partial charge in [-0.05, 0) is 18.9 Å². The summed E-state index contributed by atoms with van der Waals surface area (Å²) in [5, 5.41) is 3.98. The van der Waals surface area contributed by atoms with Gasteiger partial charge in [-0.3, -0.25) is 0 Å². The molecule has 1 saturated heterocycles. The molecule has 1 amide bonds. The number of carbonyl (C=O) groups excluding carboxylic acids is 1. The van der Waals surface area contributed by atoms with Gasteiger partial charge < -0.3 is 4.90 Å². The normalized spacial score (nSPS) is 18.3. The summed E-state index contributed by atoms with van der Waals surface area (Å²) in [5.41, 5.74) is 0.918. The van der Waals surface area contributed by atoms with Crippen molar-refractivity contribution >= 4 is 16.1 Å². The molecule has 0 radical (unpaired) electrons. The van der Waals surface area contributed by atoms with Gasteiger partial charge in [-0.1, -0.05) is 0 Å². The highest BCUT2D eigenvalue weighted by Crippen LogP contribution is 2.08. The van der Waals surface area contributed by atoms with Crippen molar-refractivity contribution in [2.24, 2.45) is 0 Å². The van der Waals surface area contributed by atoms with E-state index in [0.29, 0.717) is 32.6 Å². The van der Waals surface area contributed by atoms with Gasteiger partial charge in [-0.25, -0.2) is 17.5 Å². The predicted molar refractivity (Wildman–Crippen MR) is 70.4 cm³/mol. The first-order chi connectivity index (χ1) is 8.88. The molecule has 0 bridgehead atoms. The van der Waals surface area contributed by atoms with Crippen LogP contribution in [0.2, 0.25) is 0 Å². The Bertz CT molecular complexity index is 566. The molecule has 1 aliphatic rings. The number of hydrogen-bond donors (Lipinski definition) is 0. The van der Waals surface area contributed by atoms with Crippen LogP contribution in [-0.4, -0.2) is 65.9 Å². The molecule has 1 aromatic rings.